The number of rotatable bonds is 3. The van der Waals surface area contributed by atoms with Gasteiger partial charge in [-0.15, -0.1) is 5.10 Å². The summed E-state index contributed by atoms with van der Waals surface area (Å²) in [5.74, 6) is 1.60. The fourth-order valence-corrected chi connectivity index (χ4v) is 4.41. The Balaban J connectivity index is 1.79. The van der Waals surface area contributed by atoms with Crippen molar-refractivity contribution in [3.8, 4) is 0 Å². The van der Waals surface area contributed by atoms with Crippen LogP contribution >= 0.6 is 0 Å². The van der Waals surface area contributed by atoms with Gasteiger partial charge < -0.3 is 5.32 Å². The van der Waals surface area contributed by atoms with Gasteiger partial charge in [-0.25, -0.2) is 4.98 Å². The Kier molecular flexibility index (Phi) is 2.92. The van der Waals surface area contributed by atoms with Crippen LogP contribution in [0.25, 0.3) is 0 Å². The van der Waals surface area contributed by atoms with Crippen molar-refractivity contribution in [2.45, 2.75) is 59.4 Å². The summed E-state index contributed by atoms with van der Waals surface area (Å²) in [7, 11) is 0. The molecule has 0 saturated heterocycles. The number of hydrogen-bond acceptors (Lipinski definition) is 3. The highest BCUT2D eigenvalue weighted by Gasteiger charge is 2.59. The molecule has 2 aliphatic rings. The molecule has 2 bridgehead atoms. The third kappa shape index (κ3) is 1.86. The van der Waals surface area contributed by atoms with E-state index in [4.69, 9.17) is 0 Å². The minimum Gasteiger partial charge on any atom is -0.345 e. The zero-order chi connectivity index (χ0) is 14.5. The molecule has 3 unspecified atom stereocenters. The molecule has 1 amide bonds. The normalized spacial score (nSPS) is 34.4. The van der Waals surface area contributed by atoms with Gasteiger partial charge in [0.15, 0.2) is 0 Å². The average molecular weight is 276 g/mol. The summed E-state index contributed by atoms with van der Waals surface area (Å²) < 4.78 is 0. The third-order valence-corrected chi connectivity index (χ3v) is 5.61. The van der Waals surface area contributed by atoms with Crippen LogP contribution in [0, 0.1) is 16.7 Å². The molecule has 2 N–H and O–H groups in total. The van der Waals surface area contributed by atoms with E-state index in [0.717, 1.165) is 18.2 Å². The van der Waals surface area contributed by atoms with Crippen LogP contribution in [0.1, 0.15) is 63.4 Å². The Bertz CT molecular complexity index is 531. The van der Waals surface area contributed by atoms with Crippen molar-refractivity contribution in [3.63, 3.8) is 0 Å². The molecule has 3 atom stereocenters. The number of hydrogen-bond donors (Lipinski definition) is 2. The summed E-state index contributed by atoms with van der Waals surface area (Å²) in [4.78, 5) is 16.6. The van der Waals surface area contributed by atoms with Crippen molar-refractivity contribution in [1.82, 2.24) is 20.5 Å². The molecular weight excluding hydrogens is 252 g/mol. The maximum absolute atomic E-state index is 12.4. The second-order valence-corrected chi connectivity index (χ2v) is 7.28. The van der Waals surface area contributed by atoms with Gasteiger partial charge in [-0.05, 0) is 36.0 Å². The van der Waals surface area contributed by atoms with Gasteiger partial charge >= 0.3 is 0 Å². The van der Waals surface area contributed by atoms with Crippen molar-refractivity contribution in [3.05, 3.63) is 11.6 Å². The van der Waals surface area contributed by atoms with Crippen molar-refractivity contribution >= 4 is 5.91 Å². The Hall–Kier alpha value is -1.39. The number of H-pyrrole nitrogens is 1. The number of carbonyl (C=O) groups excluding carboxylic acids is 1. The molecule has 1 heterocycles. The van der Waals surface area contributed by atoms with Crippen LogP contribution in [0.5, 0.6) is 0 Å². The van der Waals surface area contributed by atoms with E-state index >= 15 is 0 Å². The topological polar surface area (TPSA) is 70.7 Å². The summed E-state index contributed by atoms with van der Waals surface area (Å²) in [6, 6.07) is 0.213. The maximum atomic E-state index is 12.4. The molecule has 2 fully saturated rings. The summed E-state index contributed by atoms with van der Waals surface area (Å²) in [6.07, 6.45) is 4.48. The van der Waals surface area contributed by atoms with Crippen LogP contribution in [-0.2, 0) is 6.42 Å². The van der Waals surface area contributed by atoms with Crippen LogP contribution < -0.4 is 5.32 Å². The van der Waals surface area contributed by atoms with E-state index in [9.17, 15) is 4.79 Å². The molecule has 5 heteroatoms. The highest BCUT2D eigenvalue weighted by Crippen LogP contribution is 2.62. The monoisotopic (exact) mass is 276 g/mol. The Labute approximate surface area is 119 Å². The van der Waals surface area contributed by atoms with E-state index < -0.39 is 0 Å². The van der Waals surface area contributed by atoms with Gasteiger partial charge in [0.25, 0.3) is 5.91 Å². The summed E-state index contributed by atoms with van der Waals surface area (Å²) in [5, 5.41) is 10.0. The minimum atomic E-state index is -0.146. The first kappa shape index (κ1) is 13.6. The maximum Gasteiger partial charge on any atom is 0.291 e. The fraction of sp³-hybridized carbons (Fsp3) is 0.800. The second-order valence-electron chi connectivity index (χ2n) is 7.28. The first-order chi connectivity index (χ1) is 9.37. The molecule has 3 rings (SSSR count). The van der Waals surface area contributed by atoms with E-state index in [2.05, 4.69) is 41.3 Å². The molecule has 0 spiro atoms. The minimum absolute atomic E-state index is 0.146. The fourth-order valence-electron chi connectivity index (χ4n) is 4.41. The van der Waals surface area contributed by atoms with Crippen molar-refractivity contribution in [2.24, 2.45) is 16.7 Å². The Morgan fingerprint density at radius 1 is 1.45 bits per heavy atom. The van der Waals surface area contributed by atoms with Gasteiger partial charge in [0.2, 0.25) is 5.82 Å². The largest absolute Gasteiger partial charge is 0.345 e. The van der Waals surface area contributed by atoms with Crippen LogP contribution in [-0.4, -0.2) is 27.1 Å². The van der Waals surface area contributed by atoms with E-state index in [1.807, 2.05) is 6.92 Å². The van der Waals surface area contributed by atoms with Gasteiger partial charge in [0.05, 0.1) is 0 Å². The molecule has 0 radical (unpaired) electrons. The third-order valence-electron chi connectivity index (χ3n) is 5.61. The molecule has 20 heavy (non-hydrogen) atoms. The van der Waals surface area contributed by atoms with E-state index in [1.165, 1.54) is 19.3 Å². The highest BCUT2D eigenvalue weighted by molar-refractivity contribution is 5.90. The number of carbonyl (C=O) groups is 1. The van der Waals surface area contributed by atoms with E-state index in [-0.39, 0.29) is 28.6 Å². The highest BCUT2D eigenvalue weighted by atomic mass is 16.2. The standard InChI is InChI=1S/C15H24N4O/c1-5-10-16-11(19-18-10)12(20)17-13-14(2,3)9-6-7-15(13,4)8-9/h9,13H,5-8H2,1-4H3,(H,17,20)(H,16,18,19). The molecule has 5 nitrogen and oxygen atoms in total. The predicted octanol–water partition coefficient (Wildman–Crippen LogP) is 2.31. The molecule has 0 aliphatic heterocycles. The predicted molar refractivity (Wildman–Crippen MR) is 76.2 cm³/mol. The first-order valence-corrected chi connectivity index (χ1v) is 7.59. The quantitative estimate of drug-likeness (QED) is 0.890. The van der Waals surface area contributed by atoms with Crippen LogP contribution in [0.4, 0.5) is 0 Å². The Morgan fingerprint density at radius 3 is 2.75 bits per heavy atom. The number of fused-ring (bicyclic) bond motifs is 2. The number of nitrogens with one attached hydrogen (secondary N) is 2. The van der Waals surface area contributed by atoms with Gasteiger partial charge in [0, 0.05) is 12.5 Å². The van der Waals surface area contributed by atoms with E-state index in [1.54, 1.807) is 0 Å². The van der Waals surface area contributed by atoms with Crippen LogP contribution in [0.15, 0.2) is 0 Å². The molecule has 1 aromatic heterocycles. The van der Waals surface area contributed by atoms with Gasteiger partial charge in [-0.3, -0.25) is 9.89 Å². The van der Waals surface area contributed by atoms with E-state index in [0.29, 0.717) is 0 Å². The smallest absolute Gasteiger partial charge is 0.291 e. The lowest BCUT2D eigenvalue weighted by Gasteiger charge is -2.42. The van der Waals surface area contributed by atoms with Crippen LogP contribution in [0.2, 0.25) is 0 Å². The lowest BCUT2D eigenvalue weighted by atomic mass is 9.68. The van der Waals surface area contributed by atoms with Gasteiger partial charge in [0.1, 0.15) is 5.82 Å². The second kappa shape index (κ2) is 4.30. The average Bonchev–Trinajstić information content (AvgIpc) is 3.05. The number of nitrogens with zero attached hydrogens (tertiary/aromatic N) is 2. The number of aryl methyl sites for hydroxylation is 1. The molecule has 110 valence electrons. The molecule has 2 aliphatic carbocycles. The summed E-state index contributed by atoms with van der Waals surface area (Å²) in [6.45, 7) is 8.86. The summed E-state index contributed by atoms with van der Waals surface area (Å²) >= 11 is 0. The first-order valence-electron chi connectivity index (χ1n) is 7.59. The van der Waals surface area contributed by atoms with Crippen LogP contribution in [0.3, 0.4) is 0 Å². The number of aromatic nitrogens is 3. The Morgan fingerprint density at radius 2 is 2.20 bits per heavy atom. The number of aromatic amines is 1. The van der Waals surface area contributed by atoms with Gasteiger partial charge in [-0.1, -0.05) is 27.7 Å². The summed E-state index contributed by atoms with van der Waals surface area (Å²) in [5.41, 5.74) is 0.389. The lowest BCUT2D eigenvalue weighted by Crippen LogP contribution is -2.52. The molecule has 0 aromatic carbocycles. The van der Waals surface area contributed by atoms with Crippen molar-refractivity contribution in [2.75, 3.05) is 0 Å². The van der Waals surface area contributed by atoms with Crippen molar-refractivity contribution < 1.29 is 4.79 Å². The zero-order valence-electron chi connectivity index (χ0n) is 12.8. The zero-order valence-corrected chi connectivity index (χ0v) is 12.8. The SMILES string of the molecule is CCc1nc(C(=O)NC2C3(C)CCC(C3)C2(C)C)n[nH]1. The van der Waals surface area contributed by atoms with Gasteiger partial charge in [-0.2, -0.15) is 0 Å². The lowest BCUT2D eigenvalue weighted by molar-refractivity contribution is 0.0728. The van der Waals surface area contributed by atoms with Crippen molar-refractivity contribution in [1.29, 1.82) is 0 Å². The number of amides is 1. The molecule has 1 aromatic rings. The molecular formula is C15H24N4O. The molecule has 2 saturated carbocycles.